The summed E-state index contributed by atoms with van der Waals surface area (Å²) in [6, 6.07) is 0. The average molecular weight is 479 g/mol. The number of carbonyl (C=O) groups is 2. The molecule has 0 aromatic rings. The van der Waals surface area contributed by atoms with E-state index in [1.54, 1.807) is 0 Å². The lowest BCUT2D eigenvalue weighted by atomic mass is 10.1. The molecular formula is C24H46O9. The lowest BCUT2D eigenvalue weighted by Gasteiger charge is -2.19. The smallest absolute Gasteiger partial charge is 0.332 e. The molecule has 0 aromatic carbocycles. The molecule has 0 unspecified atom stereocenters. The Balaban J connectivity index is 3.20. The van der Waals surface area contributed by atoms with E-state index in [1.807, 2.05) is 20.8 Å². The molecule has 0 atom stereocenters. The van der Waals surface area contributed by atoms with Gasteiger partial charge in [-0.2, -0.15) is 0 Å². The summed E-state index contributed by atoms with van der Waals surface area (Å²) in [6.07, 6.45) is 6.07. The molecule has 0 aliphatic rings. The Kier molecular flexibility index (Phi) is 21.7. The van der Waals surface area contributed by atoms with Crippen molar-refractivity contribution in [1.82, 2.24) is 0 Å². The van der Waals surface area contributed by atoms with Crippen LogP contribution in [0.4, 0.5) is 0 Å². The fourth-order valence-electron chi connectivity index (χ4n) is 2.57. The molecule has 0 N–H and O–H groups in total. The quantitative estimate of drug-likeness (QED) is 0.162. The Morgan fingerprint density at radius 2 is 1.03 bits per heavy atom. The molecular weight excluding hydrogens is 432 g/mol. The number of unbranched alkanes of at least 4 members (excludes halogenated alkanes) is 4. The summed E-state index contributed by atoms with van der Waals surface area (Å²) in [5.41, 5.74) is -0.506. The van der Waals surface area contributed by atoms with Crippen molar-refractivity contribution in [2.75, 3.05) is 72.7 Å². The van der Waals surface area contributed by atoms with Gasteiger partial charge in [-0.15, -0.1) is 0 Å². The minimum atomic E-state index is -0.506. The molecule has 0 aliphatic heterocycles. The maximum atomic E-state index is 11.5. The van der Waals surface area contributed by atoms with Gasteiger partial charge in [-0.25, -0.2) is 4.79 Å². The normalized spacial score (nSPS) is 11.5. The second kappa shape index (κ2) is 22.5. The van der Waals surface area contributed by atoms with Crippen LogP contribution in [0.1, 0.15) is 66.2 Å². The summed E-state index contributed by atoms with van der Waals surface area (Å²) >= 11 is 0. The third-order valence-electron chi connectivity index (χ3n) is 4.10. The predicted octanol–water partition coefficient (Wildman–Crippen LogP) is 3.31. The highest BCUT2D eigenvalue weighted by Gasteiger charge is 2.15. The van der Waals surface area contributed by atoms with Crippen LogP contribution < -0.4 is 0 Å². The zero-order valence-corrected chi connectivity index (χ0v) is 21.2. The number of hydrogen-bond donors (Lipinski definition) is 0. The van der Waals surface area contributed by atoms with Crippen molar-refractivity contribution in [2.45, 2.75) is 71.8 Å². The lowest BCUT2D eigenvalue weighted by molar-refractivity contribution is -0.160. The summed E-state index contributed by atoms with van der Waals surface area (Å²) in [5.74, 6) is -0.538. The predicted molar refractivity (Wildman–Crippen MR) is 124 cm³/mol. The molecule has 9 heteroatoms. The first-order chi connectivity index (χ1) is 15.8. The van der Waals surface area contributed by atoms with Gasteiger partial charge in [0.25, 0.3) is 0 Å². The Hall–Kier alpha value is -1.26. The third kappa shape index (κ3) is 26.9. The third-order valence-corrected chi connectivity index (χ3v) is 4.10. The Morgan fingerprint density at radius 3 is 1.52 bits per heavy atom. The van der Waals surface area contributed by atoms with Gasteiger partial charge in [0.2, 0.25) is 0 Å². The zero-order valence-electron chi connectivity index (χ0n) is 21.2. The molecule has 0 radical (unpaired) electrons. The molecule has 0 rings (SSSR count). The van der Waals surface area contributed by atoms with Gasteiger partial charge in [-0.3, -0.25) is 4.79 Å². The molecule has 9 nitrogen and oxygen atoms in total. The van der Waals surface area contributed by atoms with Gasteiger partial charge in [0, 0.05) is 6.42 Å². The van der Waals surface area contributed by atoms with E-state index >= 15 is 0 Å². The van der Waals surface area contributed by atoms with Crippen LogP contribution in [0.2, 0.25) is 0 Å². The van der Waals surface area contributed by atoms with Crippen molar-refractivity contribution in [3.8, 4) is 0 Å². The van der Waals surface area contributed by atoms with Gasteiger partial charge in [-0.05, 0) is 27.2 Å². The standard InChI is InChI=1S/C24H46O9/c1-5-6-7-8-9-10-22(25)32-20-19-30-16-15-28-12-11-27-13-14-29-17-18-31-21-23(26)33-24(2,3)4/h5-21H2,1-4H3. The monoisotopic (exact) mass is 478 g/mol. The van der Waals surface area contributed by atoms with Crippen LogP contribution in [-0.4, -0.2) is 90.2 Å². The van der Waals surface area contributed by atoms with Crippen LogP contribution in [0.25, 0.3) is 0 Å². The second-order valence-corrected chi connectivity index (χ2v) is 8.47. The van der Waals surface area contributed by atoms with Crippen LogP contribution in [-0.2, 0) is 42.7 Å². The molecule has 33 heavy (non-hydrogen) atoms. The highest BCUT2D eigenvalue weighted by molar-refractivity contribution is 5.71. The molecule has 0 saturated heterocycles. The number of hydrogen-bond acceptors (Lipinski definition) is 9. The van der Waals surface area contributed by atoms with Crippen molar-refractivity contribution in [3.63, 3.8) is 0 Å². The van der Waals surface area contributed by atoms with E-state index in [-0.39, 0.29) is 25.2 Å². The lowest BCUT2D eigenvalue weighted by Crippen LogP contribution is -2.27. The topological polar surface area (TPSA) is 98.8 Å². The molecule has 0 spiro atoms. The number of rotatable bonds is 23. The van der Waals surface area contributed by atoms with Crippen LogP contribution in [0, 0.1) is 0 Å². The SMILES string of the molecule is CCCCCCCC(=O)OCCOCCOCCOCCOCCOCC(=O)OC(C)(C)C. The largest absolute Gasteiger partial charge is 0.463 e. The van der Waals surface area contributed by atoms with Crippen LogP contribution in [0.3, 0.4) is 0 Å². The van der Waals surface area contributed by atoms with Crippen molar-refractivity contribution >= 4 is 11.9 Å². The van der Waals surface area contributed by atoms with Crippen LogP contribution >= 0.6 is 0 Å². The van der Waals surface area contributed by atoms with Gasteiger partial charge in [0.1, 0.15) is 18.8 Å². The molecule has 0 bridgehead atoms. The first-order valence-corrected chi connectivity index (χ1v) is 12.1. The van der Waals surface area contributed by atoms with Crippen LogP contribution in [0.5, 0.6) is 0 Å². The zero-order chi connectivity index (χ0) is 24.6. The number of ether oxygens (including phenoxy) is 7. The van der Waals surface area contributed by atoms with Gasteiger partial charge < -0.3 is 33.2 Å². The molecule has 0 heterocycles. The minimum Gasteiger partial charge on any atom is -0.463 e. The first kappa shape index (κ1) is 31.7. The van der Waals surface area contributed by atoms with E-state index in [2.05, 4.69) is 6.92 Å². The summed E-state index contributed by atoms with van der Waals surface area (Å²) in [5, 5.41) is 0. The Morgan fingerprint density at radius 1 is 0.576 bits per heavy atom. The Bertz CT molecular complexity index is 463. The Labute approximate surface area is 199 Å². The molecule has 196 valence electrons. The van der Waals surface area contributed by atoms with Gasteiger partial charge in [-0.1, -0.05) is 32.6 Å². The van der Waals surface area contributed by atoms with E-state index < -0.39 is 5.60 Å². The van der Waals surface area contributed by atoms with E-state index in [0.29, 0.717) is 65.9 Å². The first-order valence-electron chi connectivity index (χ1n) is 12.1. The fraction of sp³-hybridized carbons (Fsp3) is 0.917. The second-order valence-electron chi connectivity index (χ2n) is 8.47. The van der Waals surface area contributed by atoms with Crippen molar-refractivity contribution in [2.24, 2.45) is 0 Å². The number of esters is 2. The van der Waals surface area contributed by atoms with E-state index in [4.69, 9.17) is 33.2 Å². The van der Waals surface area contributed by atoms with Crippen molar-refractivity contribution in [1.29, 1.82) is 0 Å². The van der Waals surface area contributed by atoms with Crippen LogP contribution in [0.15, 0.2) is 0 Å². The molecule has 0 saturated carbocycles. The summed E-state index contributed by atoms with van der Waals surface area (Å²) in [7, 11) is 0. The van der Waals surface area contributed by atoms with E-state index in [0.717, 1.165) is 12.8 Å². The maximum Gasteiger partial charge on any atom is 0.332 e. The summed E-state index contributed by atoms with van der Waals surface area (Å²) < 4.78 is 37.0. The number of carbonyl (C=O) groups excluding carboxylic acids is 2. The van der Waals surface area contributed by atoms with Gasteiger partial charge >= 0.3 is 11.9 Å². The molecule has 0 aromatic heterocycles. The molecule has 0 aliphatic carbocycles. The average Bonchev–Trinajstić information content (AvgIpc) is 2.74. The highest BCUT2D eigenvalue weighted by atomic mass is 16.6. The van der Waals surface area contributed by atoms with E-state index in [9.17, 15) is 9.59 Å². The van der Waals surface area contributed by atoms with Gasteiger partial charge in [0.15, 0.2) is 0 Å². The van der Waals surface area contributed by atoms with Crippen molar-refractivity contribution in [3.05, 3.63) is 0 Å². The maximum absolute atomic E-state index is 11.5. The minimum absolute atomic E-state index is 0.0808. The fourth-order valence-corrected chi connectivity index (χ4v) is 2.57. The van der Waals surface area contributed by atoms with E-state index in [1.165, 1.54) is 19.3 Å². The summed E-state index contributed by atoms with van der Waals surface area (Å²) in [6.45, 7) is 11.6. The highest BCUT2D eigenvalue weighted by Crippen LogP contribution is 2.07. The molecule has 0 fully saturated rings. The van der Waals surface area contributed by atoms with Crippen molar-refractivity contribution < 1.29 is 42.7 Å². The van der Waals surface area contributed by atoms with Gasteiger partial charge in [0.05, 0.1) is 59.5 Å². The molecule has 0 amide bonds. The summed E-state index contributed by atoms with van der Waals surface area (Å²) in [4.78, 5) is 23.0.